The molecule has 1 aromatic heterocycles. The second kappa shape index (κ2) is 5.64. The van der Waals surface area contributed by atoms with Crippen LogP contribution in [0.3, 0.4) is 0 Å². The zero-order valence-corrected chi connectivity index (χ0v) is 13.9. The molecule has 0 aliphatic carbocycles. The molecule has 0 saturated carbocycles. The molecule has 0 radical (unpaired) electrons. The number of aliphatic hydroxyl groups is 1. The van der Waals surface area contributed by atoms with E-state index in [-0.39, 0.29) is 28.9 Å². The van der Waals surface area contributed by atoms with E-state index in [0.29, 0.717) is 17.8 Å². The number of hydrogen-bond acceptors (Lipinski definition) is 5. The molecule has 22 heavy (non-hydrogen) atoms. The summed E-state index contributed by atoms with van der Waals surface area (Å²) in [5.74, 6) is -0.243. The zero-order valence-electron chi connectivity index (χ0n) is 13.9. The molecule has 0 fully saturated rings. The van der Waals surface area contributed by atoms with Crippen LogP contribution in [0.4, 0.5) is 0 Å². The highest BCUT2D eigenvalue weighted by molar-refractivity contribution is 5.96. The smallest absolute Gasteiger partial charge is 0.277 e. The molecule has 0 saturated heterocycles. The minimum absolute atomic E-state index is 0.0362. The molecule has 2 aliphatic heterocycles. The van der Waals surface area contributed by atoms with Crippen molar-refractivity contribution in [2.24, 2.45) is 0 Å². The van der Waals surface area contributed by atoms with Gasteiger partial charge < -0.3 is 14.7 Å². The van der Waals surface area contributed by atoms with Gasteiger partial charge in [-0.3, -0.25) is 14.6 Å². The Balaban J connectivity index is 0.000000847. The molecule has 122 valence electrons. The predicted molar refractivity (Wildman–Crippen MR) is 82.9 cm³/mol. The lowest BCUT2D eigenvalue weighted by atomic mass is 10.1. The van der Waals surface area contributed by atoms with Crippen molar-refractivity contribution in [1.29, 1.82) is 0 Å². The summed E-state index contributed by atoms with van der Waals surface area (Å²) in [5, 5.41) is 12.1. The molecular weight excluding hydrogens is 286 g/mol. The van der Waals surface area contributed by atoms with Crippen molar-refractivity contribution in [3.05, 3.63) is 27.2 Å². The van der Waals surface area contributed by atoms with Gasteiger partial charge >= 0.3 is 0 Å². The molecule has 2 atom stereocenters. The molecular formula is C15H23N3O4. The van der Waals surface area contributed by atoms with Gasteiger partial charge in [-0.1, -0.05) is 13.8 Å². The Morgan fingerprint density at radius 1 is 1.27 bits per heavy atom. The van der Waals surface area contributed by atoms with Crippen LogP contribution in [0.15, 0.2) is 4.79 Å². The van der Waals surface area contributed by atoms with Gasteiger partial charge in [0.2, 0.25) is 5.43 Å². The van der Waals surface area contributed by atoms with E-state index in [9.17, 15) is 14.7 Å². The second-order valence-electron chi connectivity index (χ2n) is 5.22. The molecule has 0 spiro atoms. The van der Waals surface area contributed by atoms with E-state index in [0.717, 1.165) is 0 Å². The fourth-order valence-corrected chi connectivity index (χ4v) is 3.01. The van der Waals surface area contributed by atoms with Crippen LogP contribution in [0.1, 0.15) is 48.6 Å². The molecule has 0 aromatic carbocycles. The number of carbonyl (C=O) groups is 1. The fraction of sp³-hybridized carbons (Fsp3) is 0.600. The van der Waals surface area contributed by atoms with Crippen LogP contribution in [0.25, 0.3) is 0 Å². The number of carbonyl (C=O) groups excluding carboxylic acids is 1. The highest BCUT2D eigenvalue weighted by Gasteiger charge is 2.44. The summed E-state index contributed by atoms with van der Waals surface area (Å²) in [6.07, 6.45) is -0.980. The van der Waals surface area contributed by atoms with Gasteiger partial charge in [0, 0.05) is 12.6 Å². The minimum atomic E-state index is -0.783. The van der Waals surface area contributed by atoms with E-state index in [2.05, 4.69) is 0 Å². The minimum Gasteiger partial charge on any atom is -0.491 e. The molecule has 3 heterocycles. The van der Waals surface area contributed by atoms with Gasteiger partial charge in [-0.05, 0) is 13.8 Å². The van der Waals surface area contributed by atoms with Gasteiger partial charge in [-0.15, -0.1) is 0 Å². The quantitative estimate of drug-likeness (QED) is 0.822. The number of aliphatic hydroxyl groups excluding tert-OH is 1. The Kier molecular flexibility index (Phi) is 4.19. The largest absolute Gasteiger partial charge is 0.491 e. The highest BCUT2D eigenvalue weighted by atomic mass is 16.5. The van der Waals surface area contributed by atoms with Crippen molar-refractivity contribution in [3.63, 3.8) is 0 Å². The van der Waals surface area contributed by atoms with Crippen LogP contribution in [-0.4, -0.2) is 47.5 Å². The first-order valence-corrected chi connectivity index (χ1v) is 7.45. The maximum atomic E-state index is 12.5. The first kappa shape index (κ1) is 16.4. The molecule has 2 aliphatic rings. The number of pyridine rings is 1. The lowest BCUT2D eigenvalue weighted by Gasteiger charge is -2.41. The monoisotopic (exact) mass is 309 g/mol. The molecule has 0 bridgehead atoms. The van der Waals surface area contributed by atoms with Gasteiger partial charge in [-0.25, -0.2) is 4.68 Å². The van der Waals surface area contributed by atoms with Crippen molar-refractivity contribution >= 4 is 5.91 Å². The van der Waals surface area contributed by atoms with E-state index in [1.54, 1.807) is 18.6 Å². The second-order valence-corrected chi connectivity index (χ2v) is 5.22. The molecule has 1 N–H and O–H groups in total. The molecule has 7 heteroatoms. The summed E-state index contributed by atoms with van der Waals surface area (Å²) < 4.78 is 6.80. The van der Waals surface area contributed by atoms with E-state index < -0.39 is 6.10 Å². The van der Waals surface area contributed by atoms with Crippen LogP contribution in [0.5, 0.6) is 5.75 Å². The number of amides is 1. The Hall–Kier alpha value is -2.02. The Morgan fingerprint density at radius 3 is 2.41 bits per heavy atom. The topological polar surface area (TPSA) is 75.0 Å². The van der Waals surface area contributed by atoms with E-state index in [4.69, 9.17) is 4.74 Å². The first-order valence-electron chi connectivity index (χ1n) is 7.45. The summed E-state index contributed by atoms with van der Waals surface area (Å²) in [5.41, 5.74) is 0.755. The third-order valence-electron chi connectivity index (χ3n) is 4.24. The number of rotatable bonds is 1. The lowest BCUT2D eigenvalue weighted by Crippen LogP contribution is -2.57. The van der Waals surface area contributed by atoms with Crippen LogP contribution >= 0.6 is 0 Å². The van der Waals surface area contributed by atoms with Crippen LogP contribution < -0.4 is 15.2 Å². The van der Waals surface area contributed by atoms with Crippen LogP contribution in [0, 0.1) is 6.92 Å². The standard InChI is InChI=1S/C13H17N3O4.C2H6/c1-6-9-8(17)5-15-7(2)14(3)13(19)10(16(9)15)12(20-4)11(6)18;1-2/h7-8,17H,5H2,1-4H3;1-2H3. The third-order valence-corrected chi connectivity index (χ3v) is 4.24. The maximum absolute atomic E-state index is 12.5. The third kappa shape index (κ3) is 1.92. The first-order chi connectivity index (χ1) is 10.4. The summed E-state index contributed by atoms with van der Waals surface area (Å²) in [4.78, 5) is 26.3. The maximum Gasteiger partial charge on any atom is 0.277 e. The molecule has 1 amide bonds. The lowest BCUT2D eigenvalue weighted by molar-refractivity contribution is 0.0655. The fourth-order valence-electron chi connectivity index (χ4n) is 3.01. The van der Waals surface area contributed by atoms with Gasteiger partial charge in [0.1, 0.15) is 12.3 Å². The number of ether oxygens (including phenoxy) is 1. The predicted octanol–water partition coefficient (Wildman–Crippen LogP) is 0.608. The zero-order chi connectivity index (χ0) is 16.8. The van der Waals surface area contributed by atoms with E-state index in [1.807, 2.05) is 25.8 Å². The van der Waals surface area contributed by atoms with E-state index >= 15 is 0 Å². The van der Waals surface area contributed by atoms with Gasteiger partial charge in [0.05, 0.1) is 19.3 Å². The van der Waals surface area contributed by atoms with Crippen LogP contribution in [0.2, 0.25) is 0 Å². The number of methoxy groups -OCH3 is 1. The molecule has 7 nitrogen and oxygen atoms in total. The van der Waals surface area contributed by atoms with Gasteiger partial charge in [0.25, 0.3) is 5.91 Å². The van der Waals surface area contributed by atoms with Crippen molar-refractivity contribution in [2.45, 2.75) is 40.0 Å². The van der Waals surface area contributed by atoms with Crippen molar-refractivity contribution in [3.8, 4) is 5.75 Å². The average molecular weight is 309 g/mol. The molecule has 2 unspecified atom stereocenters. The normalized spacial score (nSPS) is 22.2. The molecule has 1 aromatic rings. The SMILES string of the molecule is CC.COc1c2n3c(c(C)c1=O)C(O)CN3C(C)N(C)C2=O. The average Bonchev–Trinajstić information content (AvgIpc) is 2.87. The Labute approximate surface area is 129 Å². The Morgan fingerprint density at radius 2 is 1.86 bits per heavy atom. The van der Waals surface area contributed by atoms with Crippen molar-refractivity contribution in [2.75, 3.05) is 25.7 Å². The van der Waals surface area contributed by atoms with Crippen molar-refractivity contribution < 1.29 is 14.6 Å². The summed E-state index contributed by atoms with van der Waals surface area (Å²) >= 11 is 0. The molecule has 3 rings (SSSR count). The number of hydrogen-bond donors (Lipinski definition) is 1. The summed E-state index contributed by atoms with van der Waals surface area (Å²) in [7, 11) is 3.05. The van der Waals surface area contributed by atoms with Crippen LogP contribution in [-0.2, 0) is 0 Å². The van der Waals surface area contributed by atoms with Gasteiger partial charge in [0.15, 0.2) is 11.4 Å². The highest BCUT2D eigenvalue weighted by Crippen LogP contribution is 2.34. The van der Waals surface area contributed by atoms with Gasteiger partial charge in [-0.2, -0.15) is 0 Å². The summed E-state index contributed by atoms with van der Waals surface area (Å²) in [6.45, 7) is 7.87. The van der Waals surface area contributed by atoms with Crippen molar-refractivity contribution in [1.82, 2.24) is 9.58 Å². The summed E-state index contributed by atoms with van der Waals surface area (Å²) in [6, 6.07) is 0. The number of nitrogens with zero attached hydrogens (tertiary/aromatic N) is 3. The number of aromatic nitrogens is 1. The van der Waals surface area contributed by atoms with E-state index in [1.165, 1.54) is 12.0 Å². The Bertz CT molecular complexity index is 668.